The zero-order chi connectivity index (χ0) is 24.8. The maximum absolute atomic E-state index is 13.5. The molecule has 0 aromatic carbocycles. The van der Waals surface area contributed by atoms with E-state index >= 15 is 0 Å². The normalized spacial score (nSPS) is 19.5. The molecule has 1 aliphatic heterocycles. The fourth-order valence-electron chi connectivity index (χ4n) is 3.85. The van der Waals surface area contributed by atoms with Gasteiger partial charge in [-0.05, 0) is 38.5 Å². The van der Waals surface area contributed by atoms with Crippen molar-refractivity contribution in [2.45, 2.75) is 64.0 Å². The Hall–Kier alpha value is -2.60. The Balaban J connectivity index is 1.84. The molecule has 1 aliphatic carbocycles. The van der Waals surface area contributed by atoms with E-state index in [0.717, 1.165) is 18.3 Å². The predicted molar refractivity (Wildman–Crippen MR) is 101 cm³/mol. The van der Waals surface area contributed by atoms with Crippen molar-refractivity contribution in [2.75, 3.05) is 13.1 Å². The molecule has 6 nitrogen and oxygen atoms in total. The summed E-state index contributed by atoms with van der Waals surface area (Å²) in [6.07, 6.45) is -4.15. The van der Waals surface area contributed by atoms with Crippen LogP contribution in [0.5, 0.6) is 0 Å². The fraction of sp³-hybridized carbons (Fsp3) is 0.650. The Bertz CT molecular complexity index is 961. The molecule has 1 fully saturated rings. The van der Waals surface area contributed by atoms with Crippen LogP contribution in [0.25, 0.3) is 0 Å². The minimum atomic E-state index is -6.64. The Labute approximate surface area is 184 Å². The first kappa shape index (κ1) is 25.0. The maximum atomic E-state index is 13.5. The van der Waals surface area contributed by atoms with E-state index in [0.29, 0.717) is 43.2 Å². The van der Waals surface area contributed by atoms with Gasteiger partial charge in [-0.3, -0.25) is 9.59 Å². The number of aryl methyl sites for hydroxylation is 1. The van der Waals surface area contributed by atoms with Gasteiger partial charge in [-0.25, -0.2) is 5.43 Å². The first-order valence-corrected chi connectivity index (χ1v) is 10.3. The number of halogens is 7. The van der Waals surface area contributed by atoms with Gasteiger partial charge in [-0.2, -0.15) is 35.8 Å². The third-order valence-corrected chi connectivity index (χ3v) is 5.92. The van der Waals surface area contributed by atoms with Crippen molar-refractivity contribution in [3.8, 4) is 0 Å². The first-order valence-electron chi connectivity index (χ1n) is 10.3. The number of nitrogens with zero attached hydrogens (tertiary/aromatic N) is 2. The van der Waals surface area contributed by atoms with Crippen molar-refractivity contribution >= 4 is 17.5 Å². The number of carbonyl (C=O) groups is 2. The number of amides is 2. The zero-order valence-electron chi connectivity index (χ0n) is 17.8. The molecule has 1 aromatic rings. The lowest BCUT2D eigenvalue weighted by Gasteiger charge is -2.29. The van der Waals surface area contributed by atoms with E-state index in [9.17, 15) is 40.3 Å². The summed E-state index contributed by atoms with van der Waals surface area (Å²) < 4.78 is 95.8. The summed E-state index contributed by atoms with van der Waals surface area (Å²) in [5.41, 5.74) is 1.65. The lowest BCUT2D eigenvalue weighted by Crippen LogP contribution is -2.58. The Morgan fingerprint density at radius 3 is 2.24 bits per heavy atom. The van der Waals surface area contributed by atoms with Crippen molar-refractivity contribution < 1.29 is 44.7 Å². The fourth-order valence-corrected chi connectivity index (χ4v) is 3.85. The molecular formula is C20H22F7N3O3. The molecule has 0 unspecified atom stereocenters. The van der Waals surface area contributed by atoms with Crippen LogP contribution in [0.1, 0.15) is 60.0 Å². The van der Waals surface area contributed by atoms with Crippen molar-refractivity contribution in [2.24, 2.45) is 11.0 Å². The molecule has 2 heterocycles. The van der Waals surface area contributed by atoms with E-state index in [1.165, 1.54) is 6.92 Å². The number of fused-ring (bicyclic) bond motifs is 1. The van der Waals surface area contributed by atoms with E-state index < -0.39 is 23.9 Å². The van der Waals surface area contributed by atoms with Crippen molar-refractivity contribution in [3.63, 3.8) is 0 Å². The zero-order valence-corrected chi connectivity index (χ0v) is 17.8. The van der Waals surface area contributed by atoms with Gasteiger partial charge in [0.05, 0.1) is 5.71 Å². The second-order valence-electron chi connectivity index (χ2n) is 8.33. The summed E-state index contributed by atoms with van der Waals surface area (Å²) in [6, 6.07) is 0. The van der Waals surface area contributed by atoms with E-state index in [1.807, 2.05) is 0 Å². The highest BCUT2D eigenvalue weighted by molar-refractivity contribution is 6.06. The second-order valence-corrected chi connectivity index (χ2v) is 8.33. The third kappa shape index (κ3) is 4.45. The number of alkyl halides is 7. The van der Waals surface area contributed by atoms with Crippen LogP contribution in [0.4, 0.5) is 30.7 Å². The van der Waals surface area contributed by atoms with Crippen LogP contribution >= 0.6 is 0 Å². The molecule has 184 valence electrons. The molecule has 3 rings (SSSR count). The number of hydrogen-bond donors (Lipinski definition) is 1. The summed E-state index contributed by atoms with van der Waals surface area (Å²) in [5.74, 6) is -15.1. The molecule has 0 spiro atoms. The second kappa shape index (κ2) is 8.64. The molecule has 0 bridgehead atoms. The lowest BCUT2D eigenvalue weighted by atomic mass is 9.93. The molecule has 0 atom stereocenters. The number of nitrogens with one attached hydrogen (secondary N) is 1. The van der Waals surface area contributed by atoms with E-state index in [4.69, 9.17) is 4.42 Å². The smallest absolute Gasteiger partial charge is 0.455 e. The molecule has 1 aromatic heterocycles. The minimum Gasteiger partial charge on any atom is -0.455 e. The summed E-state index contributed by atoms with van der Waals surface area (Å²) in [4.78, 5) is 26.0. The monoisotopic (exact) mass is 485 g/mol. The van der Waals surface area contributed by atoms with Crippen LogP contribution in [0.2, 0.25) is 0 Å². The number of piperidine rings is 1. The average molecular weight is 485 g/mol. The quantitative estimate of drug-likeness (QED) is 0.506. The molecule has 33 heavy (non-hydrogen) atoms. The molecule has 1 N–H and O–H groups in total. The topological polar surface area (TPSA) is 74.9 Å². The van der Waals surface area contributed by atoms with E-state index in [2.05, 4.69) is 12.0 Å². The molecule has 13 heteroatoms. The van der Waals surface area contributed by atoms with Gasteiger partial charge in [0.1, 0.15) is 5.76 Å². The van der Waals surface area contributed by atoms with E-state index in [-0.39, 0.29) is 29.4 Å². The van der Waals surface area contributed by atoms with Crippen molar-refractivity contribution in [3.05, 3.63) is 22.6 Å². The molecule has 2 aliphatic rings. The van der Waals surface area contributed by atoms with Gasteiger partial charge < -0.3 is 9.32 Å². The Morgan fingerprint density at radius 1 is 1.06 bits per heavy atom. The highest BCUT2D eigenvalue weighted by Crippen LogP contribution is 2.46. The van der Waals surface area contributed by atoms with Gasteiger partial charge in [0.2, 0.25) is 0 Å². The van der Waals surface area contributed by atoms with Crippen molar-refractivity contribution in [1.82, 2.24) is 10.3 Å². The largest absolute Gasteiger partial charge is 0.460 e. The van der Waals surface area contributed by atoms with E-state index in [1.54, 1.807) is 4.90 Å². The van der Waals surface area contributed by atoms with Gasteiger partial charge >= 0.3 is 23.9 Å². The molecule has 0 saturated carbocycles. The Kier molecular flexibility index (Phi) is 6.55. The number of furan rings is 1. The van der Waals surface area contributed by atoms with Crippen molar-refractivity contribution in [1.29, 1.82) is 0 Å². The number of hydrazone groups is 1. The van der Waals surface area contributed by atoms with Crippen LogP contribution in [0.15, 0.2) is 9.52 Å². The number of likely N-dealkylation sites (tertiary alicyclic amines) is 1. The Morgan fingerprint density at radius 2 is 1.67 bits per heavy atom. The van der Waals surface area contributed by atoms with Gasteiger partial charge in [0.15, 0.2) is 5.76 Å². The SMILES string of the molecule is Cc1c(C(=O)N2CCC(C)CC2)oc2c1/C(=N/NC(=O)C(F)(F)C(F)(F)C(F)(F)F)CCC2. The molecule has 2 amide bonds. The predicted octanol–water partition coefficient (Wildman–Crippen LogP) is 4.45. The summed E-state index contributed by atoms with van der Waals surface area (Å²) in [6.45, 7) is 4.66. The maximum Gasteiger partial charge on any atom is 0.460 e. The number of carbonyl (C=O) groups excluding carboxylic acids is 2. The standard InChI is InChI=1S/C20H22F7N3O3/c1-10-6-8-30(9-7-10)16(31)15-11(2)14-12(4-3-5-13(14)33-15)28-29-17(32)18(21,22)19(23,24)20(25,26)27/h10H,3-9H2,1-2H3,(H,29,32)/b28-12+. The summed E-state index contributed by atoms with van der Waals surface area (Å²) in [7, 11) is 0. The average Bonchev–Trinajstić information content (AvgIpc) is 3.08. The van der Waals surface area contributed by atoms with Gasteiger partial charge in [-0.1, -0.05) is 6.92 Å². The first-order chi connectivity index (χ1) is 15.2. The van der Waals surface area contributed by atoms with Crippen LogP contribution in [0.3, 0.4) is 0 Å². The highest BCUT2D eigenvalue weighted by Gasteiger charge is 2.76. The van der Waals surface area contributed by atoms with Crippen LogP contribution < -0.4 is 5.43 Å². The van der Waals surface area contributed by atoms with Crippen LogP contribution in [-0.2, 0) is 11.2 Å². The lowest BCUT2D eigenvalue weighted by molar-refractivity contribution is -0.344. The van der Waals surface area contributed by atoms with Gasteiger partial charge in [0.25, 0.3) is 5.91 Å². The van der Waals surface area contributed by atoms with Gasteiger partial charge in [-0.15, -0.1) is 0 Å². The molecule has 0 radical (unpaired) electrons. The summed E-state index contributed by atoms with van der Waals surface area (Å²) >= 11 is 0. The molecular weight excluding hydrogens is 463 g/mol. The van der Waals surface area contributed by atoms with Gasteiger partial charge in [0, 0.05) is 30.6 Å². The third-order valence-electron chi connectivity index (χ3n) is 5.92. The number of rotatable bonds is 4. The minimum absolute atomic E-state index is 0.0180. The summed E-state index contributed by atoms with van der Waals surface area (Å²) in [5, 5.41) is 3.39. The number of hydrogen-bond acceptors (Lipinski definition) is 4. The van der Waals surface area contributed by atoms with Crippen LogP contribution in [-0.4, -0.2) is 53.5 Å². The molecule has 1 saturated heterocycles. The highest BCUT2D eigenvalue weighted by atomic mass is 19.4. The van der Waals surface area contributed by atoms with Crippen LogP contribution in [0, 0.1) is 12.8 Å².